The van der Waals surface area contributed by atoms with Gasteiger partial charge in [-0.1, -0.05) is 6.07 Å². The van der Waals surface area contributed by atoms with Crippen LogP contribution < -0.4 is 5.73 Å². The Bertz CT molecular complexity index is 235. The van der Waals surface area contributed by atoms with E-state index in [0.29, 0.717) is 12.0 Å². The lowest BCUT2D eigenvalue weighted by Crippen LogP contribution is -2.18. The molecule has 0 saturated heterocycles. The van der Waals surface area contributed by atoms with Gasteiger partial charge in [-0.2, -0.15) is 4.39 Å². The molecule has 0 aliphatic heterocycles. The molecular weight excluding hydrogens is 143 g/mol. The third-order valence-corrected chi connectivity index (χ3v) is 1.38. The molecule has 0 amide bonds. The van der Waals surface area contributed by atoms with Gasteiger partial charge in [-0.05, 0) is 19.4 Å². The van der Waals surface area contributed by atoms with Crippen LogP contribution in [0.3, 0.4) is 0 Å². The van der Waals surface area contributed by atoms with Gasteiger partial charge in [0.2, 0.25) is 5.95 Å². The highest BCUT2D eigenvalue weighted by Crippen LogP contribution is 2.04. The minimum atomic E-state index is -0.412. The predicted molar refractivity (Wildman–Crippen MR) is 41.5 cm³/mol. The van der Waals surface area contributed by atoms with Crippen LogP contribution in [0.1, 0.15) is 12.5 Å². The molecule has 1 unspecified atom stereocenters. The Hall–Kier alpha value is -0.960. The van der Waals surface area contributed by atoms with E-state index < -0.39 is 5.95 Å². The van der Waals surface area contributed by atoms with E-state index in [-0.39, 0.29) is 6.04 Å². The van der Waals surface area contributed by atoms with Gasteiger partial charge in [0.05, 0.1) is 0 Å². The van der Waals surface area contributed by atoms with Crippen LogP contribution in [0.25, 0.3) is 0 Å². The second-order valence-corrected chi connectivity index (χ2v) is 2.63. The summed E-state index contributed by atoms with van der Waals surface area (Å²) in [6.45, 7) is 1.84. The minimum Gasteiger partial charge on any atom is -0.328 e. The Balaban J connectivity index is 2.78. The minimum absolute atomic E-state index is 0.0197. The summed E-state index contributed by atoms with van der Waals surface area (Å²) in [7, 11) is 0. The Morgan fingerprint density at radius 3 is 3.00 bits per heavy atom. The number of nitrogens with zero attached hydrogens (tertiary/aromatic N) is 1. The van der Waals surface area contributed by atoms with E-state index in [4.69, 9.17) is 5.73 Å². The Kier molecular flexibility index (Phi) is 2.54. The van der Waals surface area contributed by atoms with E-state index in [0.717, 1.165) is 0 Å². The summed E-state index contributed by atoms with van der Waals surface area (Å²) in [6, 6.07) is 3.39. The first-order chi connectivity index (χ1) is 5.20. The molecule has 2 nitrogen and oxygen atoms in total. The van der Waals surface area contributed by atoms with Crippen molar-refractivity contribution in [1.29, 1.82) is 0 Å². The number of rotatable bonds is 2. The smallest absolute Gasteiger partial charge is 0.216 e. The molecule has 0 aromatic carbocycles. The van der Waals surface area contributed by atoms with Gasteiger partial charge < -0.3 is 5.73 Å². The zero-order valence-corrected chi connectivity index (χ0v) is 6.42. The third kappa shape index (κ3) is 2.27. The van der Waals surface area contributed by atoms with Crippen LogP contribution in [0.4, 0.5) is 4.39 Å². The van der Waals surface area contributed by atoms with Gasteiger partial charge in [-0.15, -0.1) is 0 Å². The van der Waals surface area contributed by atoms with Crippen molar-refractivity contribution >= 4 is 0 Å². The van der Waals surface area contributed by atoms with Gasteiger partial charge in [-0.25, -0.2) is 4.98 Å². The fraction of sp³-hybridized carbons (Fsp3) is 0.375. The van der Waals surface area contributed by atoms with E-state index in [9.17, 15) is 4.39 Å². The van der Waals surface area contributed by atoms with E-state index >= 15 is 0 Å². The van der Waals surface area contributed by atoms with Gasteiger partial charge >= 0.3 is 0 Å². The molecule has 0 fully saturated rings. The van der Waals surface area contributed by atoms with Crippen LogP contribution in [-0.4, -0.2) is 11.0 Å². The van der Waals surface area contributed by atoms with Crippen molar-refractivity contribution in [3.8, 4) is 0 Å². The van der Waals surface area contributed by atoms with Crippen LogP contribution in [0, 0.1) is 5.95 Å². The van der Waals surface area contributed by atoms with Crippen LogP contribution >= 0.6 is 0 Å². The highest BCUT2D eigenvalue weighted by atomic mass is 19.1. The molecule has 60 valence electrons. The summed E-state index contributed by atoms with van der Waals surface area (Å²) in [6.07, 6.45) is 1.97. The lowest BCUT2D eigenvalue weighted by Gasteiger charge is -2.04. The standard InChI is InChI=1S/C8H11FN2/c1-6(10)5-7-3-2-4-11-8(7)9/h2-4,6H,5,10H2,1H3. The molecule has 1 heterocycles. The molecule has 0 aliphatic rings. The first kappa shape index (κ1) is 8.14. The lowest BCUT2D eigenvalue weighted by molar-refractivity contribution is 0.556. The van der Waals surface area contributed by atoms with E-state index in [2.05, 4.69) is 4.98 Å². The zero-order valence-electron chi connectivity index (χ0n) is 6.42. The molecule has 3 heteroatoms. The number of hydrogen-bond acceptors (Lipinski definition) is 2. The van der Waals surface area contributed by atoms with Gasteiger partial charge in [0, 0.05) is 17.8 Å². The fourth-order valence-electron chi connectivity index (χ4n) is 0.918. The van der Waals surface area contributed by atoms with E-state index in [1.165, 1.54) is 6.20 Å². The monoisotopic (exact) mass is 154 g/mol. The normalized spacial score (nSPS) is 13.0. The molecule has 1 atom stereocenters. The fourth-order valence-corrected chi connectivity index (χ4v) is 0.918. The molecule has 2 N–H and O–H groups in total. The quantitative estimate of drug-likeness (QED) is 0.648. The average Bonchev–Trinajstić information content (AvgIpc) is 1.93. The largest absolute Gasteiger partial charge is 0.328 e. The summed E-state index contributed by atoms with van der Waals surface area (Å²) >= 11 is 0. The topological polar surface area (TPSA) is 38.9 Å². The second kappa shape index (κ2) is 3.44. The Labute approximate surface area is 65.3 Å². The molecule has 0 bridgehead atoms. The van der Waals surface area contributed by atoms with Gasteiger partial charge in [0.25, 0.3) is 0 Å². The molecule has 1 rings (SSSR count). The summed E-state index contributed by atoms with van der Waals surface area (Å²) in [5.74, 6) is -0.412. The maximum atomic E-state index is 12.8. The Morgan fingerprint density at radius 1 is 1.73 bits per heavy atom. The van der Waals surface area contributed by atoms with Crippen molar-refractivity contribution < 1.29 is 4.39 Å². The first-order valence-corrected chi connectivity index (χ1v) is 3.55. The molecule has 1 aromatic heterocycles. The second-order valence-electron chi connectivity index (χ2n) is 2.63. The highest BCUT2D eigenvalue weighted by Gasteiger charge is 2.03. The van der Waals surface area contributed by atoms with Crippen LogP contribution in [0.15, 0.2) is 18.3 Å². The molecule has 1 aromatic rings. The summed E-state index contributed by atoms with van der Waals surface area (Å²) in [5, 5.41) is 0. The number of hydrogen-bond donors (Lipinski definition) is 1. The predicted octanol–water partition coefficient (Wildman–Crippen LogP) is 1.11. The van der Waals surface area contributed by atoms with Crippen molar-refractivity contribution in [2.45, 2.75) is 19.4 Å². The summed E-state index contributed by atoms with van der Waals surface area (Å²) < 4.78 is 12.8. The van der Waals surface area contributed by atoms with E-state index in [1.807, 2.05) is 6.92 Å². The van der Waals surface area contributed by atoms with Crippen molar-refractivity contribution in [2.75, 3.05) is 0 Å². The van der Waals surface area contributed by atoms with Crippen molar-refractivity contribution in [3.63, 3.8) is 0 Å². The van der Waals surface area contributed by atoms with Crippen LogP contribution in [0.2, 0.25) is 0 Å². The number of nitrogens with two attached hydrogens (primary N) is 1. The van der Waals surface area contributed by atoms with Crippen LogP contribution in [0.5, 0.6) is 0 Å². The molecule has 0 radical (unpaired) electrons. The van der Waals surface area contributed by atoms with Crippen LogP contribution in [-0.2, 0) is 6.42 Å². The molecule has 11 heavy (non-hydrogen) atoms. The zero-order chi connectivity index (χ0) is 8.27. The van der Waals surface area contributed by atoms with Crippen molar-refractivity contribution in [2.24, 2.45) is 5.73 Å². The maximum Gasteiger partial charge on any atom is 0.216 e. The lowest BCUT2D eigenvalue weighted by atomic mass is 10.1. The number of halogens is 1. The SMILES string of the molecule is CC(N)Cc1cccnc1F. The molecular formula is C8H11FN2. The molecule has 0 spiro atoms. The third-order valence-electron chi connectivity index (χ3n) is 1.38. The summed E-state index contributed by atoms with van der Waals surface area (Å²) in [5.41, 5.74) is 6.08. The first-order valence-electron chi connectivity index (χ1n) is 3.55. The van der Waals surface area contributed by atoms with Gasteiger partial charge in [-0.3, -0.25) is 0 Å². The van der Waals surface area contributed by atoms with E-state index in [1.54, 1.807) is 12.1 Å². The number of aromatic nitrogens is 1. The summed E-state index contributed by atoms with van der Waals surface area (Å²) in [4.78, 5) is 3.51. The number of pyridine rings is 1. The average molecular weight is 154 g/mol. The molecule has 0 saturated carbocycles. The van der Waals surface area contributed by atoms with Gasteiger partial charge in [0.1, 0.15) is 0 Å². The maximum absolute atomic E-state index is 12.8. The van der Waals surface area contributed by atoms with Crippen molar-refractivity contribution in [3.05, 3.63) is 29.8 Å². The molecule has 0 aliphatic carbocycles. The highest BCUT2D eigenvalue weighted by molar-refractivity contribution is 5.11. The Morgan fingerprint density at radius 2 is 2.45 bits per heavy atom. The van der Waals surface area contributed by atoms with Crippen molar-refractivity contribution in [1.82, 2.24) is 4.98 Å². The van der Waals surface area contributed by atoms with Gasteiger partial charge in [0.15, 0.2) is 0 Å².